The molecule has 0 atom stereocenters. The summed E-state index contributed by atoms with van der Waals surface area (Å²) in [6.07, 6.45) is 1.56. The van der Waals surface area contributed by atoms with E-state index in [1.54, 1.807) is 7.11 Å². The molecule has 9 heteroatoms. The van der Waals surface area contributed by atoms with Crippen molar-refractivity contribution in [3.8, 4) is 11.5 Å². The molecule has 0 radical (unpaired) electrons. The first-order valence-electron chi connectivity index (χ1n) is 12.1. The normalized spacial score (nSPS) is 14.4. The summed E-state index contributed by atoms with van der Waals surface area (Å²) in [5, 5.41) is 13.2. The zero-order valence-electron chi connectivity index (χ0n) is 21.3. The minimum Gasteiger partial charge on any atom is -0.493 e. The highest BCUT2D eigenvalue weighted by Crippen LogP contribution is 2.40. The summed E-state index contributed by atoms with van der Waals surface area (Å²) in [7, 11) is 8.07. The van der Waals surface area contributed by atoms with Crippen LogP contribution in [-0.2, 0) is 29.0 Å². The van der Waals surface area contributed by atoms with E-state index >= 15 is 0 Å². The minimum atomic E-state index is -0.984. The number of carboxylic acid groups (broad SMARTS) is 1. The summed E-state index contributed by atoms with van der Waals surface area (Å²) in [4.78, 5) is 29.6. The molecule has 0 aliphatic heterocycles. The molecule has 36 heavy (non-hydrogen) atoms. The van der Waals surface area contributed by atoms with Crippen LogP contribution in [0.15, 0.2) is 36.4 Å². The Morgan fingerprint density at radius 1 is 1.14 bits per heavy atom. The van der Waals surface area contributed by atoms with Crippen LogP contribution in [0.2, 0.25) is 0 Å². The number of benzene rings is 2. The Morgan fingerprint density at radius 2 is 1.83 bits per heavy atom. The molecule has 0 bridgehead atoms. The van der Waals surface area contributed by atoms with E-state index in [2.05, 4.69) is 31.4 Å². The van der Waals surface area contributed by atoms with E-state index in [1.807, 2.05) is 36.4 Å². The average Bonchev–Trinajstić information content (AvgIpc) is 3.39. The van der Waals surface area contributed by atoms with Gasteiger partial charge in [-0.3, -0.25) is 9.59 Å². The molecule has 0 saturated heterocycles. The molecule has 1 amide bonds. The van der Waals surface area contributed by atoms with Crippen molar-refractivity contribution >= 4 is 33.4 Å². The highest BCUT2D eigenvalue weighted by atomic mass is 32.1. The Labute approximate surface area is 215 Å². The number of hydrogen-bond acceptors (Lipinski definition) is 6. The summed E-state index contributed by atoms with van der Waals surface area (Å²) in [6, 6.07) is 11.6. The molecule has 0 unspecified atom stereocenters. The number of aliphatic carboxylic acids is 1. The molecule has 1 heterocycles. The summed E-state index contributed by atoms with van der Waals surface area (Å²) in [6.45, 7) is 1.82. The van der Waals surface area contributed by atoms with Crippen LogP contribution in [0.5, 0.6) is 11.5 Å². The number of ether oxygens (including phenoxy) is 2. The standard InChI is InChI=1S/C27H33N3O5S/c1-30(2,3)10-7-11-35-22-12-20-23(13-21(22)34-4)36-24(29-20)17-28-26(33)27(16-25(31)32)14-18-8-5-6-9-19(18)15-27/h5-6,8-9,12-13H,7,10-11,14-17H2,1-4H3,(H-,28,31,32,33)/p+1. The van der Waals surface area contributed by atoms with E-state index < -0.39 is 11.4 Å². The third-order valence-corrected chi connectivity index (χ3v) is 7.51. The highest BCUT2D eigenvalue weighted by Gasteiger charge is 2.45. The van der Waals surface area contributed by atoms with Crippen molar-refractivity contribution in [2.24, 2.45) is 5.41 Å². The van der Waals surface area contributed by atoms with Crippen LogP contribution < -0.4 is 14.8 Å². The first kappa shape index (κ1) is 25.9. The summed E-state index contributed by atoms with van der Waals surface area (Å²) in [5.41, 5.74) is 1.87. The second-order valence-electron chi connectivity index (χ2n) is 10.5. The SMILES string of the molecule is COc1cc2sc(CNC(=O)C3(CC(=O)O)Cc4ccccc4C3)nc2cc1OCCC[N+](C)(C)C. The predicted octanol–water partition coefficient (Wildman–Crippen LogP) is 3.66. The van der Waals surface area contributed by atoms with Gasteiger partial charge in [0.25, 0.3) is 0 Å². The van der Waals surface area contributed by atoms with E-state index in [1.165, 1.54) is 11.3 Å². The predicted molar refractivity (Wildman–Crippen MR) is 140 cm³/mol. The molecular formula is C27H34N3O5S+. The second kappa shape index (κ2) is 10.4. The maximum absolute atomic E-state index is 13.3. The van der Waals surface area contributed by atoms with Crippen LogP contribution in [0, 0.1) is 5.41 Å². The van der Waals surface area contributed by atoms with Crippen LogP contribution >= 0.6 is 11.3 Å². The number of rotatable bonds is 11. The fourth-order valence-electron chi connectivity index (χ4n) is 4.75. The lowest BCUT2D eigenvalue weighted by Gasteiger charge is -2.25. The van der Waals surface area contributed by atoms with Crippen molar-refractivity contribution in [2.75, 3.05) is 41.4 Å². The fourth-order valence-corrected chi connectivity index (χ4v) is 5.66. The van der Waals surface area contributed by atoms with Crippen LogP contribution in [-0.4, -0.2) is 67.9 Å². The van der Waals surface area contributed by atoms with Gasteiger partial charge in [0.1, 0.15) is 5.01 Å². The highest BCUT2D eigenvalue weighted by molar-refractivity contribution is 7.18. The van der Waals surface area contributed by atoms with Gasteiger partial charge in [0, 0.05) is 18.6 Å². The molecular weight excluding hydrogens is 478 g/mol. The van der Waals surface area contributed by atoms with E-state index in [9.17, 15) is 14.7 Å². The summed E-state index contributed by atoms with van der Waals surface area (Å²) < 4.78 is 13.3. The van der Waals surface area contributed by atoms with Gasteiger partial charge in [0.05, 0.1) is 70.0 Å². The van der Waals surface area contributed by atoms with Gasteiger partial charge in [0.15, 0.2) is 11.5 Å². The van der Waals surface area contributed by atoms with Crippen molar-refractivity contribution in [2.45, 2.75) is 32.2 Å². The quantitative estimate of drug-likeness (QED) is 0.301. The lowest BCUT2D eigenvalue weighted by atomic mass is 9.80. The van der Waals surface area contributed by atoms with Crippen molar-refractivity contribution in [1.29, 1.82) is 0 Å². The Balaban J connectivity index is 1.45. The molecule has 4 rings (SSSR count). The molecule has 2 aromatic carbocycles. The number of hydrogen-bond donors (Lipinski definition) is 2. The molecule has 192 valence electrons. The van der Waals surface area contributed by atoms with Gasteiger partial charge < -0.3 is 24.4 Å². The Morgan fingerprint density at radius 3 is 2.44 bits per heavy atom. The van der Waals surface area contributed by atoms with Gasteiger partial charge in [0.2, 0.25) is 5.91 Å². The van der Waals surface area contributed by atoms with Crippen LogP contribution in [0.3, 0.4) is 0 Å². The molecule has 1 aliphatic rings. The van der Waals surface area contributed by atoms with Crippen LogP contribution in [0.25, 0.3) is 10.2 Å². The molecule has 0 fully saturated rings. The van der Waals surface area contributed by atoms with Gasteiger partial charge in [-0.05, 0) is 24.0 Å². The molecule has 0 spiro atoms. The molecule has 0 saturated carbocycles. The second-order valence-corrected chi connectivity index (χ2v) is 11.6. The lowest BCUT2D eigenvalue weighted by Crippen LogP contribution is -2.43. The number of quaternary nitrogens is 1. The van der Waals surface area contributed by atoms with Crippen LogP contribution in [0.1, 0.15) is 29.0 Å². The van der Waals surface area contributed by atoms with Gasteiger partial charge in [-0.25, -0.2) is 4.98 Å². The average molecular weight is 513 g/mol. The number of amides is 1. The van der Waals surface area contributed by atoms with Crippen molar-refractivity contribution in [1.82, 2.24) is 10.3 Å². The number of nitrogens with zero attached hydrogens (tertiary/aromatic N) is 2. The molecule has 3 aromatic rings. The Bertz CT molecular complexity index is 1240. The number of carboxylic acids is 1. The smallest absolute Gasteiger partial charge is 0.304 e. The number of carbonyl (C=O) groups is 2. The zero-order chi connectivity index (χ0) is 25.9. The molecule has 2 N–H and O–H groups in total. The number of carbonyl (C=O) groups excluding carboxylic acids is 1. The van der Waals surface area contributed by atoms with Gasteiger partial charge >= 0.3 is 5.97 Å². The largest absolute Gasteiger partial charge is 0.493 e. The molecule has 8 nitrogen and oxygen atoms in total. The number of methoxy groups -OCH3 is 1. The van der Waals surface area contributed by atoms with Crippen molar-refractivity contribution in [3.05, 3.63) is 52.5 Å². The van der Waals surface area contributed by atoms with E-state index in [0.717, 1.165) is 43.8 Å². The Kier molecular flexibility index (Phi) is 7.51. The minimum absolute atomic E-state index is 0.209. The number of thiazole rings is 1. The van der Waals surface area contributed by atoms with Crippen LogP contribution in [0.4, 0.5) is 0 Å². The number of aromatic nitrogens is 1. The van der Waals surface area contributed by atoms with Crippen molar-refractivity contribution in [3.63, 3.8) is 0 Å². The maximum atomic E-state index is 13.3. The van der Waals surface area contributed by atoms with E-state index in [4.69, 9.17) is 9.47 Å². The molecule has 1 aromatic heterocycles. The third kappa shape index (κ3) is 5.96. The number of nitrogens with one attached hydrogen (secondary N) is 1. The van der Waals surface area contributed by atoms with E-state index in [-0.39, 0.29) is 18.9 Å². The number of fused-ring (bicyclic) bond motifs is 2. The van der Waals surface area contributed by atoms with Gasteiger partial charge in [-0.15, -0.1) is 11.3 Å². The fraction of sp³-hybridized carbons (Fsp3) is 0.444. The van der Waals surface area contributed by atoms with Crippen molar-refractivity contribution < 1.29 is 28.7 Å². The monoisotopic (exact) mass is 512 g/mol. The first-order valence-corrected chi connectivity index (χ1v) is 12.9. The Hall–Kier alpha value is -3.17. The zero-order valence-corrected chi connectivity index (χ0v) is 22.1. The summed E-state index contributed by atoms with van der Waals surface area (Å²) >= 11 is 1.47. The topological polar surface area (TPSA) is 97.8 Å². The first-order chi connectivity index (χ1) is 17.1. The van der Waals surface area contributed by atoms with Gasteiger partial charge in [-0.1, -0.05) is 24.3 Å². The van der Waals surface area contributed by atoms with E-state index in [0.29, 0.717) is 30.9 Å². The third-order valence-electron chi connectivity index (χ3n) is 6.50. The summed E-state index contributed by atoms with van der Waals surface area (Å²) in [5.74, 6) is 0.0748. The molecule has 1 aliphatic carbocycles. The maximum Gasteiger partial charge on any atom is 0.304 e. The van der Waals surface area contributed by atoms with Gasteiger partial charge in [-0.2, -0.15) is 0 Å². The lowest BCUT2D eigenvalue weighted by molar-refractivity contribution is -0.870.